The van der Waals surface area contributed by atoms with Gasteiger partial charge in [-0.15, -0.1) is 0 Å². The largest absolute Gasteiger partial charge is 0.451 e. The quantitative estimate of drug-likeness (QED) is 0.606. The number of aromatic nitrogens is 1. The number of rotatable bonds is 7. The number of carbonyl (C=O) groups is 2. The van der Waals surface area contributed by atoms with Crippen LogP contribution in [0, 0.1) is 13.8 Å². The van der Waals surface area contributed by atoms with Crippen molar-refractivity contribution in [2.45, 2.75) is 33.3 Å². The lowest BCUT2D eigenvalue weighted by Gasteiger charge is -2.08. The number of aliphatic hydroxyl groups excluding tert-OH is 1. The third-order valence-electron chi connectivity index (χ3n) is 4.18. The predicted octanol–water partition coefficient (Wildman–Crippen LogP) is 3.51. The lowest BCUT2D eigenvalue weighted by Crippen LogP contribution is -2.30. The fourth-order valence-electron chi connectivity index (χ4n) is 2.91. The summed E-state index contributed by atoms with van der Waals surface area (Å²) in [6, 6.07) is 5.17. The molecule has 1 atom stereocenters. The SMILES string of the molecule is Cc1[nH]c(C(=O)OCC(=O)NCCc2ccc(Cl)cc2Cl)c(C)c1[C@H](C)O. The summed E-state index contributed by atoms with van der Waals surface area (Å²) in [5, 5.41) is 13.5. The highest BCUT2D eigenvalue weighted by molar-refractivity contribution is 6.35. The van der Waals surface area contributed by atoms with Gasteiger partial charge in [0.15, 0.2) is 6.61 Å². The van der Waals surface area contributed by atoms with Gasteiger partial charge in [-0.05, 0) is 50.5 Å². The molecule has 0 aliphatic heterocycles. The van der Waals surface area contributed by atoms with Gasteiger partial charge in [0, 0.05) is 27.8 Å². The van der Waals surface area contributed by atoms with Crippen LogP contribution >= 0.6 is 23.2 Å². The Morgan fingerprint density at radius 2 is 2.00 bits per heavy atom. The second kappa shape index (κ2) is 9.26. The molecule has 1 aromatic carbocycles. The molecule has 0 saturated carbocycles. The molecule has 0 spiro atoms. The van der Waals surface area contributed by atoms with Gasteiger partial charge < -0.3 is 20.1 Å². The van der Waals surface area contributed by atoms with Crippen molar-refractivity contribution in [3.63, 3.8) is 0 Å². The van der Waals surface area contributed by atoms with Crippen molar-refractivity contribution in [1.82, 2.24) is 10.3 Å². The van der Waals surface area contributed by atoms with Gasteiger partial charge in [-0.25, -0.2) is 4.79 Å². The molecule has 0 aliphatic rings. The number of hydrogen-bond donors (Lipinski definition) is 3. The van der Waals surface area contributed by atoms with Crippen molar-refractivity contribution in [3.05, 3.63) is 56.3 Å². The number of hydrogen-bond acceptors (Lipinski definition) is 4. The smallest absolute Gasteiger partial charge is 0.355 e. The van der Waals surface area contributed by atoms with Crippen molar-refractivity contribution in [2.75, 3.05) is 13.2 Å². The highest BCUT2D eigenvalue weighted by Crippen LogP contribution is 2.25. The highest BCUT2D eigenvalue weighted by atomic mass is 35.5. The van der Waals surface area contributed by atoms with Gasteiger partial charge in [0.25, 0.3) is 5.91 Å². The minimum Gasteiger partial charge on any atom is -0.451 e. The maximum Gasteiger partial charge on any atom is 0.355 e. The minimum absolute atomic E-state index is 0.240. The molecule has 2 aromatic rings. The summed E-state index contributed by atoms with van der Waals surface area (Å²) >= 11 is 11.9. The summed E-state index contributed by atoms with van der Waals surface area (Å²) in [6.45, 7) is 5.07. The first kappa shape index (κ1) is 21.3. The molecule has 0 fully saturated rings. The van der Waals surface area contributed by atoms with E-state index in [1.807, 2.05) is 0 Å². The molecule has 3 N–H and O–H groups in total. The van der Waals surface area contributed by atoms with Crippen LogP contribution in [0.4, 0.5) is 0 Å². The topological polar surface area (TPSA) is 91.4 Å². The lowest BCUT2D eigenvalue weighted by molar-refractivity contribution is -0.124. The number of ether oxygens (including phenoxy) is 1. The van der Waals surface area contributed by atoms with Crippen LogP contribution in [-0.2, 0) is 16.0 Å². The Labute approximate surface area is 167 Å². The van der Waals surface area contributed by atoms with Crippen molar-refractivity contribution in [3.8, 4) is 0 Å². The molecule has 6 nitrogen and oxygen atoms in total. The van der Waals surface area contributed by atoms with Crippen LogP contribution in [0.2, 0.25) is 10.0 Å². The Hall–Kier alpha value is -2.02. The molecule has 1 amide bonds. The Kier molecular flexibility index (Phi) is 7.30. The van der Waals surface area contributed by atoms with E-state index in [2.05, 4.69) is 10.3 Å². The van der Waals surface area contributed by atoms with Crippen LogP contribution in [0.1, 0.15) is 45.9 Å². The highest BCUT2D eigenvalue weighted by Gasteiger charge is 2.21. The number of nitrogens with one attached hydrogen (secondary N) is 2. The molecule has 146 valence electrons. The number of aromatic amines is 1. The molecule has 2 rings (SSSR count). The number of halogens is 2. The number of benzene rings is 1. The van der Waals surface area contributed by atoms with E-state index in [-0.39, 0.29) is 5.69 Å². The number of amides is 1. The standard InChI is InChI=1S/C19H22Cl2N2O4/c1-10-17(12(3)24)11(2)23-18(10)19(26)27-9-16(25)22-7-6-13-4-5-14(20)8-15(13)21/h4-5,8,12,23-24H,6-7,9H2,1-3H3,(H,22,25)/t12-/m0/s1. The summed E-state index contributed by atoms with van der Waals surface area (Å²) in [5.74, 6) is -1.05. The van der Waals surface area contributed by atoms with Crippen molar-refractivity contribution >= 4 is 35.1 Å². The van der Waals surface area contributed by atoms with Crippen molar-refractivity contribution < 1.29 is 19.4 Å². The van der Waals surface area contributed by atoms with E-state index in [4.69, 9.17) is 27.9 Å². The van der Waals surface area contributed by atoms with Crippen molar-refractivity contribution in [1.29, 1.82) is 0 Å². The van der Waals surface area contributed by atoms with Crippen LogP contribution in [0.25, 0.3) is 0 Å². The van der Waals surface area contributed by atoms with E-state index >= 15 is 0 Å². The molecule has 1 aromatic heterocycles. The summed E-state index contributed by atoms with van der Waals surface area (Å²) < 4.78 is 5.05. The zero-order chi connectivity index (χ0) is 20.1. The Bertz CT molecular complexity index is 846. The van der Waals surface area contributed by atoms with Gasteiger partial charge in [-0.2, -0.15) is 0 Å². The first-order chi connectivity index (χ1) is 12.7. The van der Waals surface area contributed by atoms with Crippen LogP contribution in [-0.4, -0.2) is 35.1 Å². The number of H-pyrrole nitrogens is 1. The van der Waals surface area contributed by atoms with Gasteiger partial charge in [0.2, 0.25) is 0 Å². The van der Waals surface area contributed by atoms with Gasteiger partial charge in [0.1, 0.15) is 5.69 Å². The molecule has 27 heavy (non-hydrogen) atoms. The summed E-state index contributed by atoms with van der Waals surface area (Å²) in [5.41, 5.74) is 3.07. The van der Waals surface area contributed by atoms with Gasteiger partial charge in [-0.1, -0.05) is 29.3 Å². The third kappa shape index (κ3) is 5.48. The molecule has 0 aliphatic carbocycles. The molecular weight excluding hydrogens is 391 g/mol. The number of esters is 1. The maximum absolute atomic E-state index is 12.2. The second-order valence-electron chi connectivity index (χ2n) is 6.25. The zero-order valence-corrected chi connectivity index (χ0v) is 16.9. The average Bonchev–Trinajstić information content (AvgIpc) is 2.89. The first-order valence-corrected chi connectivity index (χ1v) is 9.21. The molecule has 0 saturated heterocycles. The minimum atomic E-state index is -0.703. The Balaban J connectivity index is 1.83. The molecular formula is C19H22Cl2N2O4. The van der Waals surface area contributed by atoms with Crippen molar-refractivity contribution in [2.24, 2.45) is 0 Å². The van der Waals surface area contributed by atoms with Crippen LogP contribution in [0.5, 0.6) is 0 Å². The van der Waals surface area contributed by atoms with Gasteiger partial charge in [-0.3, -0.25) is 4.79 Å². The maximum atomic E-state index is 12.2. The zero-order valence-electron chi connectivity index (χ0n) is 15.4. The lowest BCUT2D eigenvalue weighted by atomic mass is 10.1. The Morgan fingerprint density at radius 3 is 2.59 bits per heavy atom. The number of aryl methyl sites for hydroxylation is 1. The predicted molar refractivity (Wildman–Crippen MR) is 104 cm³/mol. The van der Waals surface area contributed by atoms with Gasteiger partial charge >= 0.3 is 5.97 Å². The summed E-state index contributed by atoms with van der Waals surface area (Å²) in [4.78, 5) is 27.0. The van der Waals surface area contributed by atoms with Crippen LogP contribution < -0.4 is 5.32 Å². The average molecular weight is 413 g/mol. The third-order valence-corrected chi connectivity index (χ3v) is 4.77. The van der Waals surface area contributed by atoms with Crippen LogP contribution in [0.15, 0.2) is 18.2 Å². The normalized spacial score (nSPS) is 11.9. The monoisotopic (exact) mass is 412 g/mol. The van der Waals surface area contributed by atoms with Crippen LogP contribution in [0.3, 0.4) is 0 Å². The number of carbonyl (C=O) groups excluding carboxylic acids is 2. The van der Waals surface area contributed by atoms with E-state index in [9.17, 15) is 14.7 Å². The van der Waals surface area contributed by atoms with E-state index in [1.54, 1.807) is 39.0 Å². The second-order valence-corrected chi connectivity index (χ2v) is 7.10. The molecule has 8 heteroatoms. The Morgan fingerprint density at radius 1 is 1.30 bits per heavy atom. The first-order valence-electron chi connectivity index (χ1n) is 8.45. The number of aliphatic hydroxyl groups is 1. The van der Waals surface area contributed by atoms with E-state index in [0.717, 1.165) is 5.56 Å². The van der Waals surface area contributed by atoms with Gasteiger partial charge in [0.05, 0.1) is 6.10 Å². The molecule has 0 bridgehead atoms. The fourth-order valence-corrected chi connectivity index (χ4v) is 3.41. The van der Waals surface area contributed by atoms with E-state index < -0.39 is 24.6 Å². The van der Waals surface area contributed by atoms with E-state index in [1.165, 1.54) is 0 Å². The fraction of sp³-hybridized carbons (Fsp3) is 0.368. The van der Waals surface area contributed by atoms with E-state index in [0.29, 0.717) is 39.8 Å². The summed E-state index contributed by atoms with van der Waals surface area (Å²) in [6.07, 6.45) is -0.173. The summed E-state index contributed by atoms with van der Waals surface area (Å²) in [7, 11) is 0. The molecule has 1 heterocycles. The molecule has 0 radical (unpaired) electrons. The molecule has 0 unspecified atom stereocenters.